The van der Waals surface area contributed by atoms with Crippen molar-refractivity contribution in [3.8, 4) is 0 Å². The summed E-state index contributed by atoms with van der Waals surface area (Å²) in [6.45, 7) is 3.60. The predicted octanol–water partition coefficient (Wildman–Crippen LogP) is 1.97. The van der Waals surface area contributed by atoms with Crippen LogP contribution in [0.3, 0.4) is 0 Å². The molecule has 0 aliphatic carbocycles. The Labute approximate surface area is 140 Å². The van der Waals surface area contributed by atoms with Gasteiger partial charge in [-0.05, 0) is 5.56 Å². The van der Waals surface area contributed by atoms with Crippen molar-refractivity contribution in [3.05, 3.63) is 54.2 Å². The van der Waals surface area contributed by atoms with Gasteiger partial charge in [-0.3, -0.25) is 9.59 Å². The highest BCUT2D eigenvalue weighted by atomic mass is 16.3. The van der Waals surface area contributed by atoms with Gasteiger partial charge in [0.25, 0.3) is 5.91 Å². The number of likely N-dealkylation sites (tertiary alicyclic amines) is 2. The van der Waals surface area contributed by atoms with Gasteiger partial charge in [0.1, 0.15) is 0 Å². The number of oxazole rings is 1. The Morgan fingerprint density at radius 2 is 1.96 bits per heavy atom. The van der Waals surface area contributed by atoms with E-state index in [1.807, 2.05) is 28.0 Å². The summed E-state index contributed by atoms with van der Waals surface area (Å²) >= 11 is 0. The first-order chi connectivity index (χ1) is 11.6. The van der Waals surface area contributed by atoms with Crippen LogP contribution in [0.25, 0.3) is 0 Å². The van der Waals surface area contributed by atoms with Crippen molar-refractivity contribution >= 4 is 11.8 Å². The fourth-order valence-electron chi connectivity index (χ4n) is 4.09. The average molecular weight is 325 g/mol. The minimum Gasteiger partial charge on any atom is -0.438 e. The second kappa shape index (κ2) is 5.78. The van der Waals surface area contributed by atoms with E-state index in [-0.39, 0.29) is 29.5 Å². The number of benzene rings is 1. The van der Waals surface area contributed by atoms with E-state index in [0.717, 1.165) is 5.56 Å². The highest BCUT2D eigenvalue weighted by Gasteiger charge is 2.49. The van der Waals surface area contributed by atoms with Crippen LogP contribution < -0.4 is 0 Å². The van der Waals surface area contributed by atoms with Crippen LogP contribution in [-0.4, -0.2) is 46.2 Å². The summed E-state index contributed by atoms with van der Waals surface area (Å²) in [7, 11) is 0. The van der Waals surface area contributed by atoms with Crippen LogP contribution in [0, 0.1) is 11.8 Å². The van der Waals surface area contributed by atoms with Crippen molar-refractivity contribution in [2.75, 3.05) is 19.6 Å². The van der Waals surface area contributed by atoms with Gasteiger partial charge in [0.05, 0.1) is 12.2 Å². The summed E-state index contributed by atoms with van der Waals surface area (Å²) < 4.78 is 5.13. The smallest absolute Gasteiger partial charge is 0.291 e. The molecule has 4 rings (SSSR count). The third-order valence-electron chi connectivity index (χ3n) is 5.14. The van der Waals surface area contributed by atoms with Crippen LogP contribution in [0.1, 0.15) is 29.1 Å². The second-order valence-electron chi connectivity index (χ2n) is 6.53. The third-order valence-corrected chi connectivity index (χ3v) is 5.14. The van der Waals surface area contributed by atoms with Gasteiger partial charge in [-0.15, -0.1) is 0 Å². The van der Waals surface area contributed by atoms with Crippen LogP contribution in [-0.2, 0) is 4.79 Å². The van der Waals surface area contributed by atoms with E-state index >= 15 is 0 Å². The van der Waals surface area contributed by atoms with Gasteiger partial charge in [0.2, 0.25) is 11.7 Å². The number of carbonyl (C=O) groups is 2. The van der Waals surface area contributed by atoms with Crippen LogP contribution in [0.15, 0.2) is 47.3 Å². The SMILES string of the molecule is CC(=O)N1C[C@H]2CN(C(=O)c3cnco3)C[C@H]2[C@@H]1c1ccccc1. The zero-order valence-electron chi connectivity index (χ0n) is 13.5. The molecule has 0 unspecified atom stereocenters. The summed E-state index contributed by atoms with van der Waals surface area (Å²) in [5.41, 5.74) is 1.13. The van der Waals surface area contributed by atoms with E-state index in [4.69, 9.17) is 4.42 Å². The first-order valence-corrected chi connectivity index (χ1v) is 8.15. The molecule has 2 amide bonds. The molecule has 0 saturated carbocycles. The largest absolute Gasteiger partial charge is 0.438 e. The van der Waals surface area contributed by atoms with Gasteiger partial charge in [-0.2, -0.15) is 0 Å². The number of fused-ring (bicyclic) bond motifs is 1. The van der Waals surface area contributed by atoms with Gasteiger partial charge in [-0.25, -0.2) is 4.98 Å². The number of hydrogen-bond acceptors (Lipinski definition) is 4. The van der Waals surface area contributed by atoms with E-state index in [1.165, 1.54) is 12.6 Å². The standard InChI is InChI=1S/C18H19N3O3/c1-12(22)21-9-14-8-20(18(23)16-7-19-11-24-16)10-15(14)17(21)13-5-3-2-4-6-13/h2-7,11,14-15,17H,8-10H2,1H3/t14-,15-,17+/m1/s1. The van der Waals surface area contributed by atoms with Crippen molar-refractivity contribution in [2.45, 2.75) is 13.0 Å². The maximum atomic E-state index is 12.5. The van der Waals surface area contributed by atoms with E-state index in [0.29, 0.717) is 25.6 Å². The minimum atomic E-state index is -0.122. The lowest BCUT2D eigenvalue weighted by molar-refractivity contribution is -0.130. The topological polar surface area (TPSA) is 66.7 Å². The lowest BCUT2D eigenvalue weighted by Gasteiger charge is -2.29. The van der Waals surface area contributed by atoms with Crippen LogP contribution >= 0.6 is 0 Å². The van der Waals surface area contributed by atoms with Crippen molar-refractivity contribution in [3.63, 3.8) is 0 Å². The lowest BCUT2D eigenvalue weighted by Crippen LogP contribution is -2.36. The minimum absolute atomic E-state index is 0.0289. The van der Waals surface area contributed by atoms with E-state index in [2.05, 4.69) is 17.1 Å². The Morgan fingerprint density at radius 1 is 1.17 bits per heavy atom. The number of hydrogen-bond donors (Lipinski definition) is 0. The molecule has 1 aromatic heterocycles. The fourth-order valence-corrected chi connectivity index (χ4v) is 4.09. The van der Waals surface area contributed by atoms with E-state index in [9.17, 15) is 9.59 Å². The van der Waals surface area contributed by atoms with Crippen molar-refractivity contribution in [1.82, 2.24) is 14.8 Å². The monoisotopic (exact) mass is 325 g/mol. The normalized spacial score (nSPS) is 25.8. The summed E-state index contributed by atoms with van der Waals surface area (Å²) in [5.74, 6) is 0.790. The molecule has 6 nitrogen and oxygen atoms in total. The lowest BCUT2D eigenvalue weighted by atomic mass is 9.89. The van der Waals surface area contributed by atoms with E-state index in [1.54, 1.807) is 6.92 Å². The first kappa shape index (κ1) is 14.9. The summed E-state index contributed by atoms with van der Waals surface area (Å²) in [5, 5.41) is 0. The molecule has 6 heteroatoms. The number of nitrogens with zero attached hydrogens (tertiary/aromatic N) is 3. The molecule has 24 heavy (non-hydrogen) atoms. The molecular weight excluding hydrogens is 306 g/mol. The number of amides is 2. The van der Waals surface area contributed by atoms with Gasteiger partial charge in [-0.1, -0.05) is 30.3 Å². The molecule has 2 saturated heterocycles. The Kier molecular flexibility index (Phi) is 3.59. The Hall–Kier alpha value is -2.63. The van der Waals surface area contributed by atoms with Crippen molar-refractivity contribution < 1.29 is 14.0 Å². The van der Waals surface area contributed by atoms with Crippen LogP contribution in [0.2, 0.25) is 0 Å². The summed E-state index contributed by atoms with van der Waals surface area (Å²) in [4.78, 5) is 32.2. The number of aromatic nitrogens is 1. The quantitative estimate of drug-likeness (QED) is 0.846. The highest BCUT2D eigenvalue weighted by molar-refractivity contribution is 5.91. The number of carbonyl (C=O) groups excluding carboxylic acids is 2. The molecule has 2 aliphatic heterocycles. The molecule has 0 radical (unpaired) electrons. The summed E-state index contributed by atoms with van der Waals surface area (Å²) in [6, 6.07) is 10.1. The predicted molar refractivity (Wildman–Crippen MR) is 86.0 cm³/mol. The number of rotatable bonds is 2. The third kappa shape index (κ3) is 2.38. The molecule has 0 spiro atoms. The average Bonchev–Trinajstić information content (AvgIpc) is 3.30. The van der Waals surface area contributed by atoms with Gasteiger partial charge < -0.3 is 14.2 Å². The Morgan fingerprint density at radius 3 is 2.62 bits per heavy atom. The summed E-state index contributed by atoms with van der Waals surface area (Å²) in [6.07, 6.45) is 2.72. The molecule has 3 atom stereocenters. The zero-order chi connectivity index (χ0) is 16.7. The first-order valence-electron chi connectivity index (χ1n) is 8.15. The fraction of sp³-hybridized carbons (Fsp3) is 0.389. The van der Waals surface area contributed by atoms with Crippen molar-refractivity contribution in [2.24, 2.45) is 11.8 Å². The molecule has 2 fully saturated rings. The highest BCUT2D eigenvalue weighted by Crippen LogP contribution is 2.45. The van der Waals surface area contributed by atoms with Crippen molar-refractivity contribution in [1.29, 1.82) is 0 Å². The van der Waals surface area contributed by atoms with Gasteiger partial charge in [0, 0.05) is 38.4 Å². The molecular formula is C18H19N3O3. The maximum Gasteiger partial charge on any atom is 0.291 e. The zero-order valence-corrected chi connectivity index (χ0v) is 13.5. The molecule has 2 aromatic rings. The molecule has 1 aromatic carbocycles. The van der Waals surface area contributed by atoms with E-state index < -0.39 is 0 Å². The molecule has 2 aliphatic rings. The Bertz CT molecular complexity index is 744. The van der Waals surface area contributed by atoms with Crippen LogP contribution in [0.4, 0.5) is 0 Å². The van der Waals surface area contributed by atoms with Gasteiger partial charge in [0.15, 0.2) is 6.39 Å². The molecule has 0 N–H and O–H groups in total. The second-order valence-corrected chi connectivity index (χ2v) is 6.53. The Balaban J connectivity index is 1.60. The van der Waals surface area contributed by atoms with Gasteiger partial charge >= 0.3 is 0 Å². The molecule has 124 valence electrons. The molecule has 3 heterocycles. The van der Waals surface area contributed by atoms with Crippen LogP contribution in [0.5, 0.6) is 0 Å². The molecule has 0 bridgehead atoms. The maximum absolute atomic E-state index is 12.5.